The summed E-state index contributed by atoms with van der Waals surface area (Å²) in [5, 5.41) is 8.86. The van der Waals surface area contributed by atoms with Crippen LogP contribution < -0.4 is 0 Å². The molecule has 0 radical (unpaired) electrons. The maximum absolute atomic E-state index is 10.5. The monoisotopic (exact) mass is 316 g/mol. The molecule has 0 unspecified atom stereocenters. The topological polar surface area (TPSA) is 55.8 Å². The van der Waals surface area contributed by atoms with Gasteiger partial charge in [0.05, 0.1) is 6.61 Å². The smallest absolute Gasteiger partial charge is 0.329 e. The first-order valence-electron chi connectivity index (χ1n) is 8.05. The second-order valence-corrected chi connectivity index (χ2v) is 12.7. The summed E-state index contributed by atoms with van der Waals surface area (Å²) in [5.41, 5.74) is 0. The van der Waals surface area contributed by atoms with Gasteiger partial charge in [0.2, 0.25) is 0 Å². The van der Waals surface area contributed by atoms with Gasteiger partial charge in [0.1, 0.15) is 6.61 Å². The van der Waals surface area contributed by atoms with Crippen LogP contribution in [0, 0.1) is 11.8 Å². The van der Waals surface area contributed by atoms with Crippen molar-refractivity contribution < 1.29 is 19.1 Å². The summed E-state index contributed by atoms with van der Waals surface area (Å²) < 4.78 is 11.6. The van der Waals surface area contributed by atoms with E-state index in [1.807, 2.05) is 0 Å². The van der Waals surface area contributed by atoms with E-state index in [2.05, 4.69) is 33.9 Å². The molecule has 1 aliphatic carbocycles. The number of carbonyl (C=O) groups is 1. The second kappa shape index (κ2) is 7.74. The maximum Gasteiger partial charge on any atom is 0.329 e. The van der Waals surface area contributed by atoms with Crippen molar-refractivity contribution in [2.24, 2.45) is 11.8 Å². The number of aliphatic carboxylic acids is 1. The summed E-state index contributed by atoms with van der Waals surface area (Å²) in [6.45, 7) is 12.6. The molecule has 0 amide bonds. The van der Waals surface area contributed by atoms with Crippen LogP contribution in [0.4, 0.5) is 0 Å². The molecule has 0 aromatic carbocycles. The Hall–Kier alpha value is -0.393. The lowest BCUT2D eigenvalue weighted by Gasteiger charge is -2.38. The molecule has 1 rings (SSSR count). The van der Waals surface area contributed by atoms with Gasteiger partial charge in [-0.1, -0.05) is 27.2 Å². The van der Waals surface area contributed by atoms with Gasteiger partial charge in [0.25, 0.3) is 0 Å². The average molecular weight is 317 g/mol. The van der Waals surface area contributed by atoms with Crippen LogP contribution in [-0.2, 0) is 14.0 Å². The fraction of sp³-hybridized carbons (Fsp3) is 0.938. The minimum Gasteiger partial charge on any atom is -0.480 e. The normalized spacial score (nSPS) is 24.0. The largest absolute Gasteiger partial charge is 0.480 e. The lowest BCUT2D eigenvalue weighted by molar-refractivity contribution is -0.142. The van der Waals surface area contributed by atoms with Gasteiger partial charge in [-0.25, -0.2) is 4.79 Å². The number of ether oxygens (including phenoxy) is 1. The fourth-order valence-corrected chi connectivity index (χ4v) is 3.65. The van der Waals surface area contributed by atoms with Crippen molar-refractivity contribution in [3.8, 4) is 0 Å². The zero-order valence-corrected chi connectivity index (χ0v) is 15.3. The van der Waals surface area contributed by atoms with Gasteiger partial charge < -0.3 is 14.3 Å². The van der Waals surface area contributed by atoms with Crippen molar-refractivity contribution >= 4 is 14.3 Å². The van der Waals surface area contributed by atoms with Crippen molar-refractivity contribution in [3.63, 3.8) is 0 Å². The molecule has 1 N–H and O–H groups in total. The van der Waals surface area contributed by atoms with Gasteiger partial charge in [-0.2, -0.15) is 0 Å². The molecule has 1 aliphatic rings. The molecule has 5 heteroatoms. The molecule has 4 nitrogen and oxygen atoms in total. The highest BCUT2D eigenvalue weighted by molar-refractivity contribution is 6.74. The van der Waals surface area contributed by atoms with E-state index in [4.69, 9.17) is 14.3 Å². The number of hydrogen-bond acceptors (Lipinski definition) is 3. The zero-order valence-electron chi connectivity index (χ0n) is 14.3. The van der Waals surface area contributed by atoms with Crippen LogP contribution in [0.15, 0.2) is 0 Å². The zero-order chi connectivity index (χ0) is 16.1. The van der Waals surface area contributed by atoms with E-state index in [9.17, 15) is 4.79 Å². The molecule has 0 aromatic heterocycles. The third-order valence-electron chi connectivity index (χ3n) is 4.96. The number of carboxylic acid groups (broad SMARTS) is 1. The third kappa shape index (κ3) is 6.49. The van der Waals surface area contributed by atoms with E-state index >= 15 is 0 Å². The van der Waals surface area contributed by atoms with Crippen LogP contribution in [0.5, 0.6) is 0 Å². The molecule has 124 valence electrons. The molecule has 21 heavy (non-hydrogen) atoms. The molecular weight excluding hydrogens is 284 g/mol. The maximum atomic E-state index is 10.5. The lowest BCUT2D eigenvalue weighted by Crippen LogP contribution is -2.42. The summed E-state index contributed by atoms with van der Waals surface area (Å²) in [4.78, 5) is 10.5. The Bertz CT molecular complexity index is 336. The van der Waals surface area contributed by atoms with Gasteiger partial charge in [-0.3, -0.25) is 0 Å². The molecule has 0 aliphatic heterocycles. The Kier molecular flexibility index (Phi) is 6.88. The van der Waals surface area contributed by atoms with Crippen molar-refractivity contribution in [1.82, 2.24) is 0 Å². The Morgan fingerprint density at radius 2 is 1.76 bits per heavy atom. The van der Waals surface area contributed by atoms with Crippen LogP contribution in [0.3, 0.4) is 0 Å². The van der Waals surface area contributed by atoms with Gasteiger partial charge >= 0.3 is 5.97 Å². The van der Waals surface area contributed by atoms with E-state index in [0.29, 0.717) is 18.4 Å². The molecule has 0 heterocycles. The Balaban J connectivity index is 2.34. The van der Waals surface area contributed by atoms with Crippen LogP contribution in [0.1, 0.15) is 46.5 Å². The number of carboxylic acids is 1. The highest BCUT2D eigenvalue weighted by Crippen LogP contribution is 2.38. The highest BCUT2D eigenvalue weighted by Gasteiger charge is 2.37. The van der Waals surface area contributed by atoms with Crippen molar-refractivity contribution in [2.75, 3.05) is 19.8 Å². The molecule has 2 atom stereocenters. The average Bonchev–Trinajstić information content (AvgIpc) is 2.35. The lowest BCUT2D eigenvalue weighted by atomic mass is 9.82. The molecule has 0 bridgehead atoms. The van der Waals surface area contributed by atoms with Gasteiger partial charge in [-0.15, -0.1) is 0 Å². The van der Waals surface area contributed by atoms with E-state index in [-0.39, 0.29) is 11.6 Å². The van der Waals surface area contributed by atoms with Crippen molar-refractivity contribution in [1.29, 1.82) is 0 Å². The minimum atomic E-state index is -1.66. The summed E-state index contributed by atoms with van der Waals surface area (Å²) >= 11 is 0. The van der Waals surface area contributed by atoms with E-state index < -0.39 is 14.3 Å². The van der Waals surface area contributed by atoms with Gasteiger partial charge in [0, 0.05) is 6.61 Å². The second-order valence-electron chi connectivity index (χ2n) is 7.88. The Morgan fingerprint density at radius 1 is 1.19 bits per heavy atom. The predicted octanol–water partition coefficient (Wildman–Crippen LogP) is 3.92. The van der Waals surface area contributed by atoms with E-state index in [1.165, 1.54) is 12.8 Å². The summed E-state index contributed by atoms with van der Waals surface area (Å²) in [5.74, 6) is 0.209. The van der Waals surface area contributed by atoms with E-state index in [1.54, 1.807) is 0 Å². The van der Waals surface area contributed by atoms with Gasteiger partial charge in [0.15, 0.2) is 8.32 Å². The van der Waals surface area contributed by atoms with Crippen LogP contribution in [0.25, 0.3) is 0 Å². The molecule has 0 aromatic rings. The molecule has 0 spiro atoms. The van der Waals surface area contributed by atoms with Gasteiger partial charge in [-0.05, 0) is 49.2 Å². The summed E-state index contributed by atoms with van der Waals surface area (Å²) in [7, 11) is -1.66. The first-order valence-corrected chi connectivity index (χ1v) is 11.0. The minimum absolute atomic E-state index is 0.179. The number of rotatable bonds is 7. The van der Waals surface area contributed by atoms with Crippen LogP contribution in [0.2, 0.25) is 18.1 Å². The van der Waals surface area contributed by atoms with Crippen LogP contribution >= 0.6 is 0 Å². The number of hydrogen-bond donors (Lipinski definition) is 1. The Morgan fingerprint density at radius 3 is 2.29 bits per heavy atom. The first-order chi connectivity index (χ1) is 9.62. The molecule has 0 saturated heterocycles. The quantitative estimate of drug-likeness (QED) is 0.723. The predicted molar refractivity (Wildman–Crippen MR) is 87.1 cm³/mol. The third-order valence-corrected chi connectivity index (χ3v) is 9.46. The molecular formula is C16H32O4Si. The summed E-state index contributed by atoms with van der Waals surface area (Å²) in [6, 6.07) is 0. The fourth-order valence-electron chi connectivity index (χ4n) is 2.56. The molecule has 1 fully saturated rings. The Labute approximate surface area is 130 Å². The highest BCUT2D eigenvalue weighted by atomic mass is 28.4. The van der Waals surface area contributed by atoms with Crippen LogP contribution in [-0.4, -0.2) is 39.2 Å². The standard InChI is InChI=1S/C16H32O4Si/c1-16(2,3)21(4,5)20-11-14-8-6-7-13(9-14)10-19-12-15(17)18/h13-14H,6-12H2,1-5H3,(H,17,18)/t13-,14+/m1/s1. The molecule has 1 saturated carbocycles. The summed E-state index contributed by atoms with van der Waals surface area (Å²) in [6.07, 6.45) is 4.68. The SMILES string of the molecule is CC(C)(C)[Si](C)(C)OC[C@H]1CCC[C@@H](COCC(=O)O)C1. The van der Waals surface area contributed by atoms with E-state index in [0.717, 1.165) is 19.4 Å². The van der Waals surface area contributed by atoms with Crippen molar-refractivity contribution in [2.45, 2.75) is 64.6 Å². The van der Waals surface area contributed by atoms with Crippen molar-refractivity contribution in [3.05, 3.63) is 0 Å². The first kappa shape index (κ1) is 18.7.